The van der Waals surface area contributed by atoms with Gasteiger partial charge in [-0.2, -0.15) is 5.26 Å². The zero-order valence-electron chi connectivity index (χ0n) is 20.9. The summed E-state index contributed by atoms with van der Waals surface area (Å²) in [6.45, 7) is 5.54. The first kappa shape index (κ1) is 25.6. The molecule has 10 nitrogen and oxygen atoms in total. The number of nitriles is 1. The predicted molar refractivity (Wildman–Crippen MR) is 141 cm³/mol. The number of aryl methyl sites for hydroxylation is 2. The molecule has 0 unspecified atom stereocenters. The van der Waals surface area contributed by atoms with Crippen molar-refractivity contribution in [3.8, 4) is 17.6 Å². The van der Waals surface area contributed by atoms with Crippen LogP contribution < -0.4 is 20.7 Å². The van der Waals surface area contributed by atoms with Gasteiger partial charge in [0.25, 0.3) is 0 Å². The number of amides is 1. The number of pyridine rings is 1. The van der Waals surface area contributed by atoms with Gasteiger partial charge in [0.1, 0.15) is 29.5 Å². The summed E-state index contributed by atoms with van der Waals surface area (Å²) in [4.78, 5) is 25.8. The van der Waals surface area contributed by atoms with Crippen LogP contribution in [-0.4, -0.2) is 47.2 Å². The molecule has 10 heteroatoms. The summed E-state index contributed by atoms with van der Waals surface area (Å²) in [5.41, 5.74) is 4.02. The van der Waals surface area contributed by atoms with Gasteiger partial charge < -0.3 is 25.4 Å². The Hall–Kier alpha value is -4.49. The van der Waals surface area contributed by atoms with E-state index in [0.717, 1.165) is 22.7 Å². The number of hydrogen-bond acceptors (Lipinski definition) is 9. The van der Waals surface area contributed by atoms with Crippen molar-refractivity contribution in [1.82, 2.24) is 20.3 Å². The number of fused-ring (bicyclic) bond motifs is 1. The van der Waals surface area contributed by atoms with Gasteiger partial charge >= 0.3 is 0 Å². The van der Waals surface area contributed by atoms with Crippen LogP contribution in [0, 0.1) is 25.2 Å². The average molecular weight is 500 g/mol. The highest BCUT2D eigenvalue weighted by Crippen LogP contribution is 2.31. The van der Waals surface area contributed by atoms with E-state index in [2.05, 4.69) is 30.9 Å². The van der Waals surface area contributed by atoms with E-state index in [0.29, 0.717) is 67.7 Å². The maximum Gasteiger partial charge on any atom is 0.247 e. The molecule has 1 aliphatic heterocycles. The lowest BCUT2D eigenvalue weighted by atomic mass is 10.1. The lowest BCUT2D eigenvalue weighted by Gasteiger charge is -2.14. The number of nitrogens with one attached hydrogen (secondary N) is 3. The highest BCUT2D eigenvalue weighted by Gasteiger charge is 2.18. The molecule has 1 aromatic carbocycles. The number of benzene rings is 1. The van der Waals surface area contributed by atoms with Crippen LogP contribution in [0.1, 0.15) is 29.7 Å². The second-order valence-electron chi connectivity index (χ2n) is 8.45. The van der Waals surface area contributed by atoms with Crippen LogP contribution in [0.2, 0.25) is 0 Å². The minimum atomic E-state index is -0.170. The SMILES string of the molecule is Cc1ccc(Oc2ccc(Nc3ncnc4c3C=C(C(=O)NCCOCCC#N)CCN4)cc2C)cn1. The van der Waals surface area contributed by atoms with Crippen molar-refractivity contribution in [2.75, 3.05) is 36.9 Å². The van der Waals surface area contributed by atoms with Crippen LogP contribution in [0.4, 0.5) is 17.3 Å². The Bertz CT molecular complexity index is 1320. The van der Waals surface area contributed by atoms with Crippen molar-refractivity contribution in [1.29, 1.82) is 5.26 Å². The van der Waals surface area contributed by atoms with Crippen molar-refractivity contribution in [3.05, 3.63) is 65.2 Å². The number of carbonyl (C=O) groups is 1. The normalized spacial score (nSPS) is 12.3. The molecule has 0 radical (unpaired) electrons. The van der Waals surface area contributed by atoms with Crippen LogP contribution in [0.15, 0.2) is 48.4 Å². The Morgan fingerprint density at radius 1 is 1.16 bits per heavy atom. The van der Waals surface area contributed by atoms with Gasteiger partial charge in [-0.05, 0) is 62.2 Å². The number of anilines is 3. The largest absolute Gasteiger partial charge is 0.455 e. The van der Waals surface area contributed by atoms with E-state index >= 15 is 0 Å². The smallest absolute Gasteiger partial charge is 0.247 e. The molecule has 2 aromatic heterocycles. The number of rotatable bonds is 10. The molecular formula is C27H29N7O3. The van der Waals surface area contributed by atoms with Crippen molar-refractivity contribution < 1.29 is 14.3 Å². The Morgan fingerprint density at radius 3 is 2.84 bits per heavy atom. The van der Waals surface area contributed by atoms with E-state index in [-0.39, 0.29) is 5.91 Å². The Kier molecular flexibility index (Phi) is 8.62. The number of aromatic nitrogens is 3. The summed E-state index contributed by atoms with van der Waals surface area (Å²) >= 11 is 0. The fraction of sp³-hybridized carbons (Fsp3) is 0.296. The lowest BCUT2D eigenvalue weighted by Crippen LogP contribution is -2.29. The second-order valence-corrected chi connectivity index (χ2v) is 8.45. The van der Waals surface area contributed by atoms with E-state index in [4.69, 9.17) is 14.7 Å². The molecule has 190 valence electrons. The number of nitrogens with zero attached hydrogens (tertiary/aromatic N) is 4. The summed E-state index contributed by atoms with van der Waals surface area (Å²) in [5, 5.41) is 18.0. The maximum absolute atomic E-state index is 12.8. The fourth-order valence-electron chi connectivity index (χ4n) is 3.70. The van der Waals surface area contributed by atoms with Crippen LogP contribution in [0.3, 0.4) is 0 Å². The highest BCUT2D eigenvalue weighted by atomic mass is 16.5. The summed E-state index contributed by atoms with van der Waals surface area (Å²) in [7, 11) is 0. The first-order valence-corrected chi connectivity index (χ1v) is 12.0. The average Bonchev–Trinajstić information content (AvgIpc) is 3.12. The molecule has 3 heterocycles. The molecular weight excluding hydrogens is 470 g/mol. The maximum atomic E-state index is 12.8. The van der Waals surface area contributed by atoms with Gasteiger partial charge in [0, 0.05) is 30.0 Å². The van der Waals surface area contributed by atoms with Gasteiger partial charge in [-0.15, -0.1) is 0 Å². The summed E-state index contributed by atoms with van der Waals surface area (Å²) in [6.07, 6.45) is 5.87. The Morgan fingerprint density at radius 2 is 2.05 bits per heavy atom. The molecule has 0 saturated carbocycles. The van der Waals surface area contributed by atoms with Crippen molar-refractivity contribution in [2.45, 2.75) is 26.7 Å². The van der Waals surface area contributed by atoms with Crippen LogP contribution >= 0.6 is 0 Å². The lowest BCUT2D eigenvalue weighted by molar-refractivity contribution is -0.117. The zero-order chi connectivity index (χ0) is 26.0. The summed E-state index contributed by atoms with van der Waals surface area (Å²) in [5.74, 6) is 2.47. The molecule has 4 rings (SSSR count). The van der Waals surface area contributed by atoms with Crippen LogP contribution in [0.5, 0.6) is 11.5 Å². The molecule has 1 aliphatic rings. The highest BCUT2D eigenvalue weighted by molar-refractivity contribution is 6.00. The standard InChI is InChI=1S/C27H29N7O3/c1-18-14-21(5-7-24(18)37-22-6-4-19(2)31-16-22)34-26-23-15-20(8-10-29-25(23)32-17-33-26)27(35)30-11-13-36-12-3-9-28/h4-7,14-17H,3,8,10-13H2,1-2H3,(H,30,35)(H2,29,32,33,34). The number of ether oxygens (including phenoxy) is 2. The molecule has 0 fully saturated rings. The fourth-order valence-corrected chi connectivity index (χ4v) is 3.70. The third-order valence-corrected chi connectivity index (χ3v) is 5.62. The molecule has 3 N–H and O–H groups in total. The van der Waals surface area contributed by atoms with Gasteiger partial charge in [-0.1, -0.05) is 0 Å². The van der Waals surface area contributed by atoms with E-state index in [1.807, 2.05) is 56.3 Å². The van der Waals surface area contributed by atoms with E-state index in [1.165, 1.54) is 6.33 Å². The van der Waals surface area contributed by atoms with Gasteiger partial charge in [-0.3, -0.25) is 9.78 Å². The van der Waals surface area contributed by atoms with E-state index < -0.39 is 0 Å². The quantitative estimate of drug-likeness (QED) is 0.350. The monoisotopic (exact) mass is 499 g/mol. The zero-order valence-corrected chi connectivity index (χ0v) is 20.9. The molecule has 0 spiro atoms. The summed E-state index contributed by atoms with van der Waals surface area (Å²) < 4.78 is 11.3. The molecule has 1 amide bonds. The topological polar surface area (TPSA) is 134 Å². The molecule has 0 aliphatic carbocycles. The Labute approximate surface area is 215 Å². The van der Waals surface area contributed by atoms with Crippen LogP contribution in [-0.2, 0) is 9.53 Å². The van der Waals surface area contributed by atoms with Crippen LogP contribution in [0.25, 0.3) is 6.08 Å². The minimum Gasteiger partial charge on any atom is -0.455 e. The third kappa shape index (κ3) is 7.02. The Balaban J connectivity index is 1.46. The van der Waals surface area contributed by atoms with E-state index in [1.54, 1.807) is 6.20 Å². The molecule has 3 aromatic rings. The predicted octanol–water partition coefficient (Wildman–Crippen LogP) is 4.27. The van der Waals surface area contributed by atoms with Crippen molar-refractivity contribution in [3.63, 3.8) is 0 Å². The third-order valence-electron chi connectivity index (χ3n) is 5.62. The van der Waals surface area contributed by atoms with Gasteiger partial charge in [0.2, 0.25) is 5.91 Å². The first-order valence-electron chi connectivity index (χ1n) is 12.0. The molecule has 37 heavy (non-hydrogen) atoms. The number of hydrogen-bond donors (Lipinski definition) is 3. The molecule has 0 atom stereocenters. The van der Waals surface area contributed by atoms with Crippen molar-refractivity contribution in [2.24, 2.45) is 0 Å². The van der Waals surface area contributed by atoms with Gasteiger partial charge in [0.05, 0.1) is 37.5 Å². The van der Waals surface area contributed by atoms with E-state index in [9.17, 15) is 4.79 Å². The van der Waals surface area contributed by atoms with Crippen molar-refractivity contribution >= 4 is 29.3 Å². The summed E-state index contributed by atoms with van der Waals surface area (Å²) in [6, 6.07) is 11.6. The number of carbonyl (C=O) groups excluding carboxylic acids is 1. The molecule has 0 bridgehead atoms. The van der Waals surface area contributed by atoms with Gasteiger partial charge in [-0.25, -0.2) is 9.97 Å². The van der Waals surface area contributed by atoms with Gasteiger partial charge in [0.15, 0.2) is 0 Å². The second kappa shape index (κ2) is 12.5. The minimum absolute atomic E-state index is 0.170. The molecule has 0 saturated heterocycles. The first-order chi connectivity index (χ1) is 18.0.